The van der Waals surface area contributed by atoms with Crippen LogP contribution >= 0.6 is 0 Å². The molecule has 0 saturated carbocycles. The minimum atomic E-state index is -0.874. The molecule has 1 fully saturated rings. The highest BCUT2D eigenvalue weighted by molar-refractivity contribution is 6.45. The maximum absolute atomic E-state index is 13.1. The first-order chi connectivity index (χ1) is 17.1. The molecule has 2 aromatic carbocycles. The van der Waals surface area contributed by atoms with Crippen LogP contribution in [0.3, 0.4) is 0 Å². The fourth-order valence-corrected chi connectivity index (χ4v) is 3.91. The maximum atomic E-state index is 13.1. The number of nitrogens with zero attached hydrogens (tertiary/aromatic N) is 1. The van der Waals surface area contributed by atoms with Crippen molar-refractivity contribution in [2.45, 2.75) is 52.2 Å². The van der Waals surface area contributed by atoms with Gasteiger partial charge in [-0.2, -0.15) is 5.26 Å². The van der Waals surface area contributed by atoms with Gasteiger partial charge in [0.1, 0.15) is 11.8 Å². The lowest BCUT2D eigenvalue weighted by molar-refractivity contribution is -0.129. The summed E-state index contributed by atoms with van der Waals surface area (Å²) in [6.45, 7) is 6.25. The second-order valence-electron chi connectivity index (χ2n) is 9.90. The van der Waals surface area contributed by atoms with E-state index in [-0.39, 0.29) is 30.1 Å². The molecule has 2 aromatic rings. The SMILES string of the molecule is CC(C)(C)C(NC(=O)C(=N)c1ccccc1NCc1ccc(C#N)cc1)C(=O)NCC1CCC(=O)N1. The minimum absolute atomic E-state index is 0.0326. The summed E-state index contributed by atoms with van der Waals surface area (Å²) in [7, 11) is 0. The molecule has 2 unspecified atom stereocenters. The van der Waals surface area contributed by atoms with Crippen molar-refractivity contribution in [1.29, 1.82) is 10.7 Å². The summed E-state index contributed by atoms with van der Waals surface area (Å²) < 4.78 is 0. The molecule has 1 heterocycles. The number of hydrogen-bond acceptors (Lipinski definition) is 6. The second kappa shape index (κ2) is 11.5. The molecule has 0 spiro atoms. The Bertz CT molecular complexity index is 1180. The Hall–Kier alpha value is -4.19. The summed E-state index contributed by atoms with van der Waals surface area (Å²) >= 11 is 0. The van der Waals surface area contributed by atoms with E-state index in [1.807, 2.05) is 39.0 Å². The molecule has 2 atom stereocenters. The number of rotatable bonds is 9. The standard InChI is InChI=1S/C27H32N6O3/c1-27(2,3)24(26(36)31-16-19-12-13-22(34)32-19)33-25(35)23(29)20-6-4-5-7-21(20)30-15-18-10-8-17(14-28)9-11-18/h4-11,19,24,29-30H,12-13,15-16H2,1-3H3,(H,31,36)(H,32,34)(H,33,35). The van der Waals surface area contributed by atoms with Gasteiger partial charge in [0, 0.05) is 36.8 Å². The third kappa shape index (κ3) is 6.92. The first-order valence-electron chi connectivity index (χ1n) is 11.9. The van der Waals surface area contributed by atoms with E-state index in [4.69, 9.17) is 10.7 Å². The molecular weight excluding hydrogens is 456 g/mol. The molecule has 188 valence electrons. The monoisotopic (exact) mass is 488 g/mol. The van der Waals surface area contributed by atoms with E-state index < -0.39 is 17.4 Å². The van der Waals surface area contributed by atoms with Gasteiger partial charge < -0.3 is 21.3 Å². The highest BCUT2D eigenvalue weighted by Gasteiger charge is 2.34. The average Bonchev–Trinajstić information content (AvgIpc) is 3.28. The fourth-order valence-electron chi connectivity index (χ4n) is 3.91. The van der Waals surface area contributed by atoms with Crippen LogP contribution in [0.5, 0.6) is 0 Å². The van der Waals surface area contributed by atoms with Crippen LogP contribution in [0, 0.1) is 22.2 Å². The molecule has 1 aliphatic heterocycles. The lowest BCUT2D eigenvalue weighted by Crippen LogP contribution is -2.56. The van der Waals surface area contributed by atoms with Crippen LogP contribution in [-0.2, 0) is 20.9 Å². The van der Waals surface area contributed by atoms with Gasteiger partial charge >= 0.3 is 0 Å². The summed E-state index contributed by atoms with van der Waals surface area (Å²) in [5.41, 5.74) is 1.67. The number of benzene rings is 2. The number of nitriles is 1. The third-order valence-corrected chi connectivity index (χ3v) is 6.00. The lowest BCUT2D eigenvalue weighted by Gasteiger charge is -2.31. The molecular formula is C27H32N6O3. The van der Waals surface area contributed by atoms with Gasteiger partial charge in [-0.3, -0.25) is 19.8 Å². The molecule has 36 heavy (non-hydrogen) atoms. The molecule has 5 N–H and O–H groups in total. The molecule has 3 rings (SSSR count). The molecule has 0 radical (unpaired) electrons. The quantitative estimate of drug-likeness (QED) is 0.344. The van der Waals surface area contributed by atoms with E-state index in [9.17, 15) is 14.4 Å². The highest BCUT2D eigenvalue weighted by Crippen LogP contribution is 2.21. The lowest BCUT2D eigenvalue weighted by atomic mass is 9.85. The van der Waals surface area contributed by atoms with Crippen molar-refractivity contribution in [1.82, 2.24) is 16.0 Å². The minimum Gasteiger partial charge on any atom is -0.380 e. The zero-order chi connectivity index (χ0) is 26.3. The van der Waals surface area contributed by atoms with Crippen LogP contribution < -0.4 is 21.3 Å². The third-order valence-electron chi connectivity index (χ3n) is 6.00. The summed E-state index contributed by atoms with van der Waals surface area (Å²) in [5.74, 6) is -1.06. The van der Waals surface area contributed by atoms with E-state index in [1.54, 1.807) is 30.3 Å². The van der Waals surface area contributed by atoms with E-state index in [0.717, 1.165) is 5.56 Å². The number of amides is 3. The average molecular weight is 489 g/mol. The van der Waals surface area contributed by atoms with Crippen molar-refractivity contribution >= 4 is 29.1 Å². The van der Waals surface area contributed by atoms with Crippen LogP contribution in [-0.4, -0.2) is 42.1 Å². The van der Waals surface area contributed by atoms with Crippen LogP contribution in [0.15, 0.2) is 48.5 Å². The molecule has 1 aliphatic rings. The molecule has 0 bridgehead atoms. The van der Waals surface area contributed by atoms with Crippen LogP contribution in [0.2, 0.25) is 0 Å². The second-order valence-corrected chi connectivity index (χ2v) is 9.90. The zero-order valence-corrected chi connectivity index (χ0v) is 20.8. The summed E-state index contributed by atoms with van der Waals surface area (Å²) in [6.07, 6.45) is 1.10. The Morgan fingerprint density at radius 3 is 2.47 bits per heavy atom. The maximum Gasteiger partial charge on any atom is 0.270 e. The van der Waals surface area contributed by atoms with Gasteiger partial charge in [-0.25, -0.2) is 0 Å². The van der Waals surface area contributed by atoms with Crippen molar-refractivity contribution in [2.24, 2.45) is 5.41 Å². The van der Waals surface area contributed by atoms with E-state index in [2.05, 4.69) is 27.3 Å². The predicted molar refractivity (Wildman–Crippen MR) is 137 cm³/mol. The van der Waals surface area contributed by atoms with Crippen LogP contribution in [0.1, 0.15) is 50.3 Å². The van der Waals surface area contributed by atoms with Crippen LogP contribution in [0.25, 0.3) is 0 Å². The Balaban J connectivity index is 1.66. The molecule has 9 heteroatoms. The molecule has 3 amide bonds. The van der Waals surface area contributed by atoms with Crippen molar-refractivity contribution < 1.29 is 14.4 Å². The zero-order valence-electron chi connectivity index (χ0n) is 20.8. The molecule has 0 aliphatic carbocycles. The van der Waals surface area contributed by atoms with Crippen LogP contribution in [0.4, 0.5) is 5.69 Å². The highest BCUT2D eigenvalue weighted by atomic mass is 16.2. The number of carbonyl (C=O) groups excluding carboxylic acids is 3. The van der Waals surface area contributed by atoms with Gasteiger partial charge in [-0.15, -0.1) is 0 Å². The van der Waals surface area contributed by atoms with Crippen molar-refractivity contribution in [2.75, 3.05) is 11.9 Å². The van der Waals surface area contributed by atoms with Crippen molar-refractivity contribution in [3.05, 3.63) is 65.2 Å². The van der Waals surface area contributed by atoms with Gasteiger partial charge in [0.25, 0.3) is 5.91 Å². The molecule has 9 nitrogen and oxygen atoms in total. The van der Waals surface area contributed by atoms with Crippen molar-refractivity contribution in [3.63, 3.8) is 0 Å². The van der Waals surface area contributed by atoms with Gasteiger partial charge in [0.05, 0.1) is 11.6 Å². The van der Waals surface area contributed by atoms with E-state index in [0.29, 0.717) is 36.2 Å². The summed E-state index contributed by atoms with van der Waals surface area (Å²) in [6, 6.07) is 15.3. The largest absolute Gasteiger partial charge is 0.380 e. The van der Waals surface area contributed by atoms with E-state index in [1.165, 1.54) is 0 Å². The number of hydrogen-bond donors (Lipinski definition) is 5. The smallest absolute Gasteiger partial charge is 0.270 e. The van der Waals surface area contributed by atoms with Gasteiger partial charge in [0.2, 0.25) is 11.8 Å². The topological polar surface area (TPSA) is 147 Å². The van der Waals surface area contributed by atoms with E-state index >= 15 is 0 Å². The van der Waals surface area contributed by atoms with Gasteiger partial charge in [-0.1, -0.05) is 51.1 Å². The number of para-hydroxylation sites is 1. The molecule has 0 aromatic heterocycles. The summed E-state index contributed by atoms with van der Waals surface area (Å²) in [5, 5.41) is 29.1. The normalized spacial score (nSPS) is 15.8. The summed E-state index contributed by atoms with van der Waals surface area (Å²) in [4.78, 5) is 37.4. The first-order valence-corrected chi connectivity index (χ1v) is 11.9. The Morgan fingerprint density at radius 2 is 1.86 bits per heavy atom. The fraction of sp³-hybridized carbons (Fsp3) is 0.370. The first kappa shape index (κ1) is 26.4. The van der Waals surface area contributed by atoms with Gasteiger partial charge in [0.15, 0.2) is 0 Å². The number of nitrogens with one attached hydrogen (secondary N) is 5. The Morgan fingerprint density at radius 1 is 1.17 bits per heavy atom. The predicted octanol–water partition coefficient (Wildman–Crippen LogP) is 2.46. The number of carbonyl (C=O) groups is 3. The van der Waals surface area contributed by atoms with Crippen molar-refractivity contribution in [3.8, 4) is 6.07 Å². The Labute approximate surface area is 211 Å². The molecule has 1 saturated heterocycles. The number of anilines is 1. The Kier molecular flexibility index (Phi) is 8.43. The van der Waals surface area contributed by atoms with Gasteiger partial charge in [-0.05, 0) is 35.6 Å².